The van der Waals surface area contributed by atoms with E-state index in [1.165, 1.54) is 0 Å². The van der Waals surface area contributed by atoms with E-state index < -0.39 is 17.8 Å². The van der Waals surface area contributed by atoms with Gasteiger partial charge in [-0.25, -0.2) is 14.3 Å². The molecule has 0 aliphatic carbocycles. The van der Waals surface area contributed by atoms with E-state index in [1.54, 1.807) is 31.5 Å². The molecule has 0 radical (unpaired) electrons. The molecule has 2 amide bonds. The van der Waals surface area contributed by atoms with Gasteiger partial charge in [-0.3, -0.25) is 9.59 Å². The Balaban J connectivity index is 1.25. The zero-order chi connectivity index (χ0) is 25.1. The second kappa shape index (κ2) is 9.83. The summed E-state index contributed by atoms with van der Waals surface area (Å²) in [5, 5.41) is 0.548. The van der Waals surface area contributed by atoms with Gasteiger partial charge < -0.3 is 14.0 Å². The van der Waals surface area contributed by atoms with E-state index in [2.05, 4.69) is 4.98 Å². The second-order valence-corrected chi connectivity index (χ2v) is 8.18. The van der Waals surface area contributed by atoms with Crippen LogP contribution in [-0.4, -0.2) is 34.9 Å². The predicted molar refractivity (Wildman–Crippen MR) is 126 cm³/mol. The van der Waals surface area contributed by atoms with Crippen LogP contribution in [0.25, 0.3) is 22.8 Å². The van der Waals surface area contributed by atoms with E-state index in [9.17, 15) is 14.4 Å². The first-order chi connectivity index (χ1) is 17.5. The largest absolute Gasteiger partial charge is 0.497 e. The molecular formula is C27H22N3O6+. The Bertz CT molecular complexity index is 1410. The summed E-state index contributed by atoms with van der Waals surface area (Å²) < 4.78 is 13.1. The van der Waals surface area contributed by atoms with Crippen LogP contribution in [0.3, 0.4) is 0 Å². The third-order valence-corrected chi connectivity index (χ3v) is 5.73. The van der Waals surface area contributed by atoms with Gasteiger partial charge in [-0.1, -0.05) is 12.1 Å². The number of imide groups is 1. The van der Waals surface area contributed by atoms with Gasteiger partial charge in [-0.15, -0.1) is 5.06 Å². The summed E-state index contributed by atoms with van der Waals surface area (Å²) in [6.45, 7) is 0.497. The zero-order valence-corrected chi connectivity index (χ0v) is 19.4. The fraction of sp³-hybridized carbons (Fsp3) is 0.148. The summed E-state index contributed by atoms with van der Waals surface area (Å²) in [6, 6.07) is 18.2. The summed E-state index contributed by atoms with van der Waals surface area (Å²) >= 11 is 0. The van der Waals surface area contributed by atoms with Crippen LogP contribution in [0, 0.1) is 0 Å². The highest BCUT2D eigenvalue weighted by Gasteiger charge is 2.33. The standard InChI is InChI=1S/C27H22N3O6/c1-34-22-7-5-20(6-8-22)26-28-16-23(35-26)19-11-13-29(14-12-19)17-18-3-2-4-21(15-18)27(33)36-30-24(31)9-10-25(30)32/h2-8,11-16H,9-10,17H2,1H3/q+1. The molecule has 5 rings (SSSR count). The number of carbonyl (C=O) groups excluding carboxylic acids is 3. The highest BCUT2D eigenvalue weighted by molar-refractivity contribution is 6.02. The Morgan fingerprint density at radius 3 is 2.42 bits per heavy atom. The number of amides is 2. The molecule has 2 aromatic heterocycles. The molecule has 9 nitrogen and oxygen atoms in total. The summed E-state index contributed by atoms with van der Waals surface area (Å²) in [4.78, 5) is 45.2. The predicted octanol–water partition coefficient (Wildman–Crippen LogP) is 3.57. The lowest BCUT2D eigenvalue weighted by Crippen LogP contribution is -2.33. The number of pyridine rings is 1. The lowest BCUT2D eigenvalue weighted by atomic mass is 10.1. The first kappa shape index (κ1) is 23.0. The van der Waals surface area contributed by atoms with E-state index in [4.69, 9.17) is 14.0 Å². The number of ether oxygens (including phenoxy) is 1. The maximum Gasteiger partial charge on any atom is 0.363 e. The van der Waals surface area contributed by atoms with Gasteiger partial charge in [-0.2, -0.15) is 0 Å². The van der Waals surface area contributed by atoms with Gasteiger partial charge in [0, 0.05) is 41.7 Å². The molecular weight excluding hydrogens is 462 g/mol. The van der Waals surface area contributed by atoms with Crippen molar-refractivity contribution in [3.8, 4) is 28.5 Å². The zero-order valence-electron chi connectivity index (χ0n) is 19.4. The van der Waals surface area contributed by atoms with Crippen molar-refractivity contribution < 1.29 is 32.9 Å². The molecule has 3 heterocycles. The summed E-state index contributed by atoms with van der Waals surface area (Å²) in [6.07, 6.45) is 5.59. The number of hydrogen-bond donors (Lipinski definition) is 0. The Morgan fingerprint density at radius 1 is 1.00 bits per heavy atom. The third-order valence-electron chi connectivity index (χ3n) is 5.73. The van der Waals surface area contributed by atoms with Crippen molar-refractivity contribution in [1.29, 1.82) is 0 Å². The van der Waals surface area contributed by atoms with Crippen LogP contribution in [0.5, 0.6) is 5.75 Å². The molecule has 4 aromatic rings. The minimum absolute atomic E-state index is 0.0512. The molecule has 0 spiro atoms. The molecule has 9 heteroatoms. The Kier molecular flexibility index (Phi) is 6.27. The minimum atomic E-state index is -0.751. The first-order valence-electron chi connectivity index (χ1n) is 11.3. The second-order valence-electron chi connectivity index (χ2n) is 8.18. The van der Waals surface area contributed by atoms with E-state index in [0.717, 1.165) is 22.4 Å². The number of hydroxylamine groups is 2. The van der Waals surface area contributed by atoms with Crippen LogP contribution in [0.15, 0.2) is 83.7 Å². The van der Waals surface area contributed by atoms with Gasteiger partial charge in [0.05, 0.1) is 18.9 Å². The third kappa shape index (κ3) is 4.85. The molecule has 0 N–H and O–H groups in total. The lowest BCUT2D eigenvalue weighted by Gasteiger charge is -2.12. The van der Waals surface area contributed by atoms with Gasteiger partial charge in [0.1, 0.15) is 5.75 Å². The van der Waals surface area contributed by atoms with Gasteiger partial charge >= 0.3 is 5.97 Å². The highest BCUT2D eigenvalue weighted by Crippen LogP contribution is 2.26. The topological polar surface area (TPSA) is 103 Å². The average Bonchev–Trinajstić information content (AvgIpc) is 3.52. The van der Waals surface area contributed by atoms with Crippen molar-refractivity contribution >= 4 is 17.8 Å². The molecule has 1 aliphatic heterocycles. The fourth-order valence-electron chi connectivity index (χ4n) is 3.80. The van der Waals surface area contributed by atoms with E-state index in [-0.39, 0.29) is 18.4 Å². The quantitative estimate of drug-likeness (QED) is 0.292. The van der Waals surface area contributed by atoms with Crippen molar-refractivity contribution in [2.75, 3.05) is 7.11 Å². The molecule has 1 fully saturated rings. The number of rotatable bonds is 7. The van der Waals surface area contributed by atoms with E-state index >= 15 is 0 Å². The van der Waals surface area contributed by atoms with Gasteiger partial charge in [0.2, 0.25) is 5.89 Å². The van der Waals surface area contributed by atoms with Gasteiger partial charge in [0.15, 0.2) is 24.7 Å². The van der Waals surface area contributed by atoms with Crippen LogP contribution in [-0.2, 0) is 21.0 Å². The normalized spacial score (nSPS) is 13.2. The van der Waals surface area contributed by atoms with Crippen LogP contribution < -0.4 is 9.30 Å². The molecule has 0 saturated carbocycles. The summed E-state index contributed by atoms with van der Waals surface area (Å²) in [5.74, 6) is 0.149. The van der Waals surface area contributed by atoms with Crippen molar-refractivity contribution in [1.82, 2.24) is 10.0 Å². The average molecular weight is 484 g/mol. The summed E-state index contributed by atoms with van der Waals surface area (Å²) in [5.41, 5.74) is 2.83. The Hall–Kier alpha value is -4.79. The molecule has 2 aromatic carbocycles. The van der Waals surface area contributed by atoms with E-state index in [1.807, 2.05) is 59.4 Å². The fourth-order valence-corrected chi connectivity index (χ4v) is 3.80. The monoisotopic (exact) mass is 484 g/mol. The Morgan fingerprint density at radius 2 is 1.72 bits per heavy atom. The lowest BCUT2D eigenvalue weighted by molar-refractivity contribution is -0.688. The molecule has 36 heavy (non-hydrogen) atoms. The number of carbonyl (C=O) groups is 3. The summed E-state index contributed by atoms with van der Waals surface area (Å²) in [7, 11) is 1.62. The Labute approximate surface area is 206 Å². The van der Waals surface area contributed by atoms with Crippen molar-refractivity contribution in [2.45, 2.75) is 19.4 Å². The number of methoxy groups -OCH3 is 1. The first-order valence-corrected chi connectivity index (χ1v) is 11.3. The maximum absolute atomic E-state index is 12.4. The van der Waals surface area contributed by atoms with Crippen molar-refractivity contribution in [3.63, 3.8) is 0 Å². The van der Waals surface area contributed by atoms with Crippen LogP contribution in [0.1, 0.15) is 28.8 Å². The van der Waals surface area contributed by atoms with Crippen LogP contribution in [0.2, 0.25) is 0 Å². The van der Waals surface area contributed by atoms with E-state index in [0.29, 0.717) is 23.3 Å². The molecule has 0 bridgehead atoms. The van der Waals surface area contributed by atoms with Crippen LogP contribution in [0.4, 0.5) is 0 Å². The smallest absolute Gasteiger partial charge is 0.363 e. The molecule has 1 aliphatic rings. The molecule has 180 valence electrons. The minimum Gasteiger partial charge on any atom is -0.497 e. The van der Waals surface area contributed by atoms with Gasteiger partial charge in [0.25, 0.3) is 11.8 Å². The van der Waals surface area contributed by atoms with Crippen molar-refractivity contribution in [2.24, 2.45) is 0 Å². The number of aromatic nitrogens is 2. The van der Waals surface area contributed by atoms with Gasteiger partial charge in [-0.05, 0) is 36.4 Å². The van der Waals surface area contributed by atoms with Crippen LogP contribution >= 0.6 is 0 Å². The SMILES string of the molecule is COc1ccc(-c2ncc(-c3cc[n+](Cc4cccc(C(=O)ON5C(=O)CCC5=O)c4)cc3)o2)cc1. The number of oxazole rings is 1. The number of hydrogen-bond acceptors (Lipinski definition) is 7. The molecule has 0 unspecified atom stereocenters. The molecule has 1 saturated heterocycles. The number of benzene rings is 2. The number of nitrogens with zero attached hydrogens (tertiary/aromatic N) is 3. The maximum atomic E-state index is 12.4. The molecule has 0 atom stereocenters. The highest BCUT2D eigenvalue weighted by atomic mass is 16.7. The van der Waals surface area contributed by atoms with Crippen molar-refractivity contribution in [3.05, 3.63) is 90.4 Å².